The molecule has 1 aliphatic heterocycles. The number of fused-ring (bicyclic) bond motifs is 1. The van der Waals surface area contributed by atoms with Gasteiger partial charge in [0.2, 0.25) is 0 Å². The highest BCUT2D eigenvalue weighted by molar-refractivity contribution is 9.10. The first-order valence-electron chi connectivity index (χ1n) is 11.1. The van der Waals surface area contributed by atoms with Crippen LogP contribution in [0, 0.1) is 5.82 Å². The molecule has 0 fully saturated rings. The number of amides is 1. The van der Waals surface area contributed by atoms with Crippen molar-refractivity contribution < 1.29 is 23.8 Å². The molecule has 1 N–H and O–H groups in total. The predicted octanol–water partition coefficient (Wildman–Crippen LogP) is 6.30. The number of aliphatic carboxylic acids is 1. The van der Waals surface area contributed by atoms with Crippen molar-refractivity contribution in [3.05, 3.63) is 98.2 Å². The molecular weight excluding hydrogens is 537 g/mol. The van der Waals surface area contributed by atoms with E-state index in [0.717, 1.165) is 21.2 Å². The van der Waals surface area contributed by atoms with Crippen LogP contribution in [-0.4, -0.2) is 34.0 Å². The highest BCUT2D eigenvalue weighted by Gasteiger charge is 2.35. The molecule has 35 heavy (non-hydrogen) atoms. The van der Waals surface area contributed by atoms with Crippen LogP contribution in [-0.2, 0) is 24.2 Å². The molecule has 0 radical (unpaired) electrons. The minimum absolute atomic E-state index is 0.0768. The van der Waals surface area contributed by atoms with Gasteiger partial charge in [0, 0.05) is 36.0 Å². The van der Waals surface area contributed by atoms with Gasteiger partial charge in [-0.2, -0.15) is 0 Å². The zero-order chi connectivity index (χ0) is 25.2. The van der Waals surface area contributed by atoms with E-state index in [0.29, 0.717) is 30.7 Å². The topological polar surface area (TPSA) is 66.8 Å². The number of hydrogen-bond acceptors (Lipinski definition) is 3. The summed E-state index contributed by atoms with van der Waals surface area (Å²) >= 11 is 9.23. The second kappa shape index (κ2) is 10.4. The largest absolute Gasteiger partial charge is 0.487 e. The molecule has 0 aromatic heterocycles. The van der Waals surface area contributed by atoms with Crippen LogP contribution in [0.15, 0.2) is 65.1 Å². The van der Waals surface area contributed by atoms with Gasteiger partial charge in [-0.15, -0.1) is 0 Å². The summed E-state index contributed by atoms with van der Waals surface area (Å²) in [5.74, 6) is -0.998. The smallest absolute Gasteiger partial charge is 0.305 e. The highest BCUT2D eigenvalue weighted by Crippen LogP contribution is 2.38. The molecule has 0 unspecified atom stereocenters. The van der Waals surface area contributed by atoms with Crippen LogP contribution < -0.4 is 4.74 Å². The fourth-order valence-electron chi connectivity index (χ4n) is 4.36. The minimum Gasteiger partial charge on any atom is -0.487 e. The molecule has 0 saturated heterocycles. The predicted molar refractivity (Wildman–Crippen MR) is 135 cm³/mol. The molecule has 182 valence electrons. The van der Waals surface area contributed by atoms with Crippen LogP contribution in [0.4, 0.5) is 4.39 Å². The maximum absolute atomic E-state index is 13.9. The van der Waals surface area contributed by atoms with E-state index in [1.165, 1.54) is 12.1 Å². The first kappa shape index (κ1) is 25.2. The molecule has 0 bridgehead atoms. The third-order valence-corrected chi connectivity index (χ3v) is 6.74. The lowest BCUT2D eigenvalue weighted by atomic mass is 9.91. The summed E-state index contributed by atoms with van der Waals surface area (Å²) in [7, 11) is 0. The fraction of sp³-hybridized carbons (Fsp3) is 0.259. The number of carbonyl (C=O) groups is 2. The molecule has 8 heteroatoms. The SMILES string of the molecule is C[C@@]1(Cc2ccc(Cl)c(F)c2)Cc2cc(C(=O)N(CCC(=O)O)Cc3cccc(Br)c3)ccc2O1. The van der Waals surface area contributed by atoms with Crippen molar-refractivity contribution >= 4 is 39.4 Å². The van der Waals surface area contributed by atoms with Crippen LogP contribution in [0.2, 0.25) is 5.02 Å². The summed E-state index contributed by atoms with van der Waals surface area (Å²) in [6, 6.07) is 17.6. The van der Waals surface area contributed by atoms with E-state index in [1.807, 2.05) is 31.2 Å². The van der Waals surface area contributed by atoms with Gasteiger partial charge in [0.1, 0.15) is 17.2 Å². The molecule has 0 saturated carbocycles. The standard InChI is InChI=1S/C27H24BrClFNO4/c1-27(14-17-5-7-22(29)23(30)12-17)15-20-13-19(6-8-24(20)35-27)26(34)31(10-9-25(32)33)16-18-3-2-4-21(28)11-18/h2-8,11-13H,9-10,14-16H2,1H3,(H,32,33)/t27-/m1/s1. The molecule has 3 aromatic rings. The van der Waals surface area contributed by atoms with Crippen molar-refractivity contribution in [2.75, 3.05) is 6.54 Å². The Morgan fingerprint density at radius 1 is 1.14 bits per heavy atom. The van der Waals surface area contributed by atoms with Gasteiger partial charge in [0.25, 0.3) is 5.91 Å². The molecule has 0 spiro atoms. The Labute approximate surface area is 216 Å². The number of rotatable bonds is 8. The van der Waals surface area contributed by atoms with Gasteiger partial charge in [0.05, 0.1) is 11.4 Å². The summed E-state index contributed by atoms with van der Waals surface area (Å²) in [4.78, 5) is 26.1. The first-order chi connectivity index (χ1) is 16.6. The fourth-order valence-corrected chi connectivity index (χ4v) is 4.92. The van der Waals surface area contributed by atoms with Crippen molar-refractivity contribution in [1.82, 2.24) is 4.90 Å². The van der Waals surface area contributed by atoms with Crippen molar-refractivity contribution in [3.8, 4) is 5.75 Å². The summed E-state index contributed by atoms with van der Waals surface area (Å²) in [5.41, 5.74) is 2.42. The van der Waals surface area contributed by atoms with Gasteiger partial charge < -0.3 is 14.7 Å². The van der Waals surface area contributed by atoms with Gasteiger partial charge in [-0.25, -0.2) is 4.39 Å². The van der Waals surface area contributed by atoms with Gasteiger partial charge >= 0.3 is 5.97 Å². The summed E-state index contributed by atoms with van der Waals surface area (Å²) in [6.45, 7) is 2.33. The van der Waals surface area contributed by atoms with E-state index in [-0.39, 0.29) is 23.9 Å². The number of carboxylic acid groups (broad SMARTS) is 1. The van der Waals surface area contributed by atoms with Crippen LogP contribution in [0.5, 0.6) is 5.75 Å². The quantitative estimate of drug-likeness (QED) is 0.351. The van der Waals surface area contributed by atoms with E-state index in [2.05, 4.69) is 15.9 Å². The lowest BCUT2D eigenvalue weighted by Gasteiger charge is -2.24. The van der Waals surface area contributed by atoms with Gasteiger partial charge in [0.15, 0.2) is 0 Å². The van der Waals surface area contributed by atoms with Crippen molar-refractivity contribution in [2.24, 2.45) is 0 Å². The normalized spacial score (nSPS) is 16.5. The summed E-state index contributed by atoms with van der Waals surface area (Å²) < 4.78 is 21.0. The summed E-state index contributed by atoms with van der Waals surface area (Å²) in [6.07, 6.45) is 0.880. The maximum Gasteiger partial charge on any atom is 0.305 e. The Bertz CT molecular complexity index is 1280. The highest BCUT2D eigenvalue weighted by atomic mass is 79.9. The summed E-state index contributed by atoms with van der Waals surface area (Å²) in [5, 5.41) is 9.25. The average molecular weight is 561 g/mol. The third-order valence-electron chi connectivity index (χ3n) is 5.94. The number of nitrogens with zero attached hydrogens (tertiary/aromatic N) is 1. The third kappa shape index (κ3) is 6.21. The van der Waals surface area contributed by atoms with Gasteiger partial charge in [-0.05, 0) is 66.1 Å². The van der Waals surface area contributed by atoms with Crippen molar-refractivity contribution in [3.63, 3.8) is 0 Å². The van der Waals surface area contributed by atoms with Crippen molar-refractivity contribution in [2.45, 2.75) is 38.3 Å². The minimum atomic E-state index is -0.964. The van der Waals surface area contributed by atoms with E-state index < -0.39 is 17.4 Å². The Kier molecular flexibility index (Phi) is 7.47. The van der Waals surface area contributed by atoms with Crippen LogP contribution >= 0.6 is 27.5 Å². The number of ether oxygens (including phenoxy) is 1. The lowest BCUT2D eigenvalue weighted by molar-refractivity contribution is -0.137. The van der Waals surface area contributed by atoms with E-state index >= 15 is 0 Å². The van der Waals surface area contributed by atoms with Crippen LogP contribution in [0.1, 0.15) is 40.4 Å². The van der Waals surface area contributed by atoms with E-state index in [4.69, 9.17) is 21.4 Å². The number of halogens is 3. The number of hydrogen-bond donors (Lipinski definition) is 1. The molecule has 1 heterocycles. The van der Waals surface area contributed by atoms with Gasteiger partial charge in [-0.1, -0.05) is 45.7 Å². The molecule has 0 aliphatic carbocycles. The zero-order valence-corrected chi connectivity index (χ0v) is 21.4. The second-order valence-corrected chi connectivity index (χ2v) is 10.3. The van der Waals surface area contributed by atoms with Crippen molar-refractivity contribution in [1.29, 1.82) is 0 Å². The zero-order valence-electron chi connectivity index (χ0n) is 19.1. The van der Waals surface area contributed by atoms with E-state index in [9.17, 15) is 14.0 Å². The Morgan fingerprint density at radius 3 is 2.66 bits per heavy atom. The molecule has 5 nitrogen and oxygen atoms in total. The van der Waals surface area contributed by atoms with E-state index in [1.54, 1.807) is 29.2 Å². The van der Waals surface area contributed by atoms with Gasteiger partial charge in [-0.3, -0.25) is 9.59 Å². The average Bonchev–Trinajstić information content (AvgIpc) is 3.13. The molecular formula is C27H24BrClFNO4. The number of carboxylic acids is 1. The van der Waals surface area contributed by atoms with Crippen LogP contribution in [0.25, 0.3) is 0 Å². The first-order valence-corrected chi connectivity index (χ1v) is 12.3. The number of carbonyl (C=O) groups excluding carboxylic acids is 1. The molecule has 1 amide bonds. The Balaban J connectivity index is 1.53. The molecule has 3 aromatic carbocycles. The number of benzene rings is 3. The lowest BCUT2D eigenvalue weighted by Crippen LogP contribution is -2.33. The molecule has 1 atom stereocenters. The second-order valence-electron chi connectivity index (χ2n) is 8.98. The molecule has 1 aliphatic rings. The molecule has 4 rings (SSSR count). The van der Waals surface area contributed by atoms with Crippen LogP contribution in [0.3, 0.4) is 0 Å². The Hall–Kier alpha value is -2.90. The Morgan fingerprint density at radius 2 is 1.94 bits per heavy atom. The maximum atomic E-state index is 13.9. The monoisotopic (exact) mass is 559 g/mol.